The molecular weight excluding hydrogens is 277 g/mol. The standard InChI is InChI=1S/C12H19F3N2OS/c1-8(2)5-9(16)10-6-19-11(17-10)3-4-18-7-12(13,14)15/h6,8-9H,3-5,7,16H2,1-2H3. The number of hydrogen-bond acceptors (Lipinski definition) is 4. The van der Waals surface area contributed by atoms with Crippen molar-refractivity contribution in [2.24, 2.45) is 11.7 Å². The van der Waals surface area contributed by atoms with Crippen LogP contribution in [0.5, 0.6) is 0 Å². The highest BCUT2D eigenvalue weighted by molar-refractivity contribution is 7.09. The minimum Gasteiger partial charge on any atom is -0.372 e. The summed E-state index contributed by atoms with van der Waals surface area (Å²) in [6.07, 6.45) is -3.05. The minimum absolute atomic E-state index is 0.0197. The van der Waals surface area contributed by atoms with Crippen LogP contribution in [-0.4, -0.2) is 24.4 Å². The van der Waals surface area contributed by atoms with Gasteiger partial charge in [-0.1, -0.05) is 13.8 Å². The molecule has 0 saturated heterocycles. The van der Waals surface area contributed by atoms with Gasteiger partial charge < -0.3 is 10.5 Å². The van der Waals surface area contributed by atoms with E-state index < -0.39 is 12.8 Å². The number of hydrogen-bond donors (Lipinski definition) is 1. The molecule has 19 heavy (non-hydrogen) atoms. The van der Waals surface area contributed by atoms with Crippen LogP contribution in [0.1, 0.15) is 37.0 Å². The molecule has 110 valence electrons. The number of nitrogens with two attached hydrogens (primary N) is 1. The van der Waals surface area contributed by atoms with Crippen molar-refractivity contribution in [1.82, 2.24) is 4.98 Å². The van der Waals surface area contributed by atoms with Crippen molar-refractivity contribution in [2.75, 3.05) is 13.2 Å². The van der Waals surface area contributed by atoms with Gasteiger partial charge in [-0.25, -0.2) is 4.98 Å². The summed E-state index contributed by atoms with van der Waals surface area (Å²) in [6, 6.07) is -0.110. The first kappa shape index (κ1) is 16.4. The van der Waals surface area contributed by atoms with Crippen molar-refractivity contribution < 1.29 is 17.9 Å². The molecule has 1 atom stereocenters. The Morgan fingerprint density at radius 2 is 2.11 bits per heavy atom. The zero-order valence-electron chi connectivity index (χ0n) is 11.0. The first-order valence-corrected chi connectivity index (χ1v) is 7.00. The van der Waals surface area contributed by atoms with Gasteiger partial charge in [0.2, 0.25) is 0 Å². The summed E-state index contributed by atoms with van der Waals surface area (Å²) in [5.74, 6) is 0.482. The highest BCUT2D eigenvalue weighted by atomic mass is 32.1. The Labute approximate surface area is 115 Å². The van der Waals surface area contributed by atoms with E-state index in [9.17, 15) is 13.2 Å². The Hall–Kier alpha value is -0.660. The van der Waals surface area contributed by atoms with E-state index in [1.54, 1.807) is 0 Å². The van der Waals surface area contributed by atoms with Gasteiger partial charge in [0, 0.05) is 17.8 Å². The molecule has 0 aliphatic carbocycles. The van der Waals surface area contributed by atoms with E-state index in [1.165, 1.54) is 11.3 Å². The second kappa shape index (κ2) is 7.21. The summed E-state index contributed by atoms with van der Waals surface area (Å²) in [5.41, 5.74) is 6.80. The lowest BCUT2D eigenvalue weighted by molar-refractivity contribution is -0.173. The van der Waals surface area contributed by atoms with Crippen LogP contribution in [0.4, 0.5) is 13.2 Å². The smallest absolute Gasteiger partial charge is 0.372 e. The SMILES string of the molecule is CC(C)CC(N)c1csc(CCOCC(F)(F)F)n1. The molecule has 1 aromatic rings. The van der Waals surface area contributed by atoms with Gasteiger partial charge in [-0.2, -0.15) is 13.2 Å². The predicted octanol–water partition coefficient (Wildman–Crippen LogP) is 3.31. The van der Waals surface area contributed by atoms with Gasteiger partial charge in [-0.05, 0) is 12.3 Å². The molecule has 0 aromatic carbocycles. The Bertz CT molecular complexity index is 379. The number of rotatable bonds is 7. The van der Waals surface area contributed by atoms with Crippen molar-refractivity contribution in [2.45, 2.75) is 38.9 Å². The summed E-state index contributed by atoms with van der Waals surface area (Å²) in [7, 11) is 0. The van der Waals surface area contributed by atoms with Crippen LogP contribution in [-0.2, 0) is 11.2 Å². The zero-order chi connectivity index (χ0) is 14.5. The Morgan fingerprint density at radius 3 is 2.68 bits per heavy atom. The van der Waals surface area contributed by atoms with Gasteiger partial charge in [0.25, 0.3) is 0 Å². The first-order chi connectivity index (χ1) is 8.78. The molecular formula is C12H19F3N2OS. The lowest BCUT2D eigenvalue weighted by Crippen LogP contribution is -2.18. The van der Waals surface area contributed by atoms with Crippen molar-refractivity contribution in [1.29, 1.82) is 0 Å². The third-order valence-corrected chi connectivity index (χ3v) is 3.33. The number of aromatic nitrogens is 1. The van der Waals surface area contributed by atoms with Crippen molar-refractivity contribution in [3.63, 3.8) is 0 Å². The number of alkyl halides is 3. The van der Waals surface area contributed by atoms with Crippen molar-refractivity contribution in [3.05, 3.63) is 16.1 Å². The maximum absolute atomic E-state index is 11.9. The predicted molar refractivity (Wildman–Crippen MR) is 69.1 cm³/mol. The van der Waals surface area contributed by atoms with Crippen LogP contribution in [0.15, 0.2) is 5.38 Å². The molecule has 1 unspecified atom stereocenters. The average molecular weight is 296 g/mol. The van der Waals surface area contributed by atoms with Gasteiger partial charge in [0.1, 0.15) is 6.61 Å². The maximum atomic E-state index is 11.9. The Morgan fingerprint density at radius 1 is 1.42 bits per heavy atom. The second-order valence-electron chi connectivity index (χ2n) is 4.82. The zero-order valence-corrected chi connectivity index (χ0v) is 11.9. The lowest BCUT2D eigenvalue weighted by Gasteiger charge is -2.11. The molecule has 0 aliphatic rings. The normalized spacial score (nSPS) is 14.1. The van der Waals surface area contributed by atoms with Crippen LogP contribution >= 0.6 is 11.3 Å². The molecule has 0 radical (unpaired) electrons. The van der Waals surface area contributed by atoms with E-state index in [0.29, 0.717) is 12.3 Å². The fraction of sp³-hybridized carbons (Fsp3) is 0.750. The van der Waals surface area contributed by atoms with E-state index in [0.717, 1.165) is 17.1 Å². The number of ether oxygens (including phenoxy) is 1. The molecule has 0 aliphatic heterocycles. The van der Waals surface area contributed by atoms with Crippen LogP contribution in [0.2, 0.25) is 0 Å². The molecule has 0 saturated carbocycles. The van der Waals surface area contributed by atoms with E-state index in [1.807, 2.05) is 5.38 Å². The summed E-state index contributed by atoms with van der Waals surface area (Å²) in [6.45, 7) is 2.97. The quantitative estimate of drug-likeness (QED) is 0.785. The number of thiazole rings is 1. The summed E-state index contributed by atoms with van der Waals surface area (Å²) < 4.78 is 40.1. The highest BCUT2D eigenvalue weighted by Crippen LogP contribution is 2.21. The molecule has 1 rings (SSSR count). The van der Waals surface area contributed by atoms with Gasteiger partial charge >= 0.3 is 6.18 Å². The topological polar surface area (TPSA) is 48.1 Å². The fourth-order valence-electron chi connectivity index (χ4n) is 1.59. The van der Waals surface area contributed by atoms with E-state index in [4.69, 9.17) is 5.73 Å². The van der Waals surface area contributed by atoms with Gasteiger partial charge in [0.05, 0.1) is 17.3 Å². The fourth-order valence-corrected chi connectivity index (χ4v) is 2.43. The van der Waals surface area contributed by atoms with E-state index in [2.05, 4.69) is 23.6 Å². The third kappa shape index (κ3) is 6.89. The van der Waals surface area contributed by atoms with Crippen LogP contribution in [0.25, 0.3) is 0 Å². The molecule has 2 N–H and O–H groups in total. The Kier molecular flexibility index (Phi) is 6.22. The molecule has 0 spiro atoms. The molecule has 3 nitrogen and oxygen atoms in total. The van der Waals surface area contributed by atoms with Gasteiger partial charge in [0.15, 0.2) is 0 Å². The highest BCUT2D eigenvalue weighted by Gasteiger charge is 2.27. The molecule has 1 heterocycles. The van der Waals surface area contributed by atoms with Crippen molar-refractivity contribution in [3.8, 4) is 0 Å². The maximum Gasteiger partial charge on any atom is 0.411 e. The summed E-state index contributed by atoms with van der Waals surface area (Å²) >= 11 is 1.41. The minimum atomic E-state index is -4.27. The number of nitrogens with zero attached hydrogens (tertiary/aromatic N) is 1. The molecule has 0 amide bonds. The van der Waals surface area contributed by atoms with Crippen molar-refractivity contribution >= 4 is 11.3 Å². The lowest BCUT2D eigenvalue weighted by atomic mass is 10.0. The number of halogens is 3. The largest absolute Gasteiger partial charge is 0.411 e. The average Bonchev–Trinajstić information content (AvgIpc) is 2.71. The van der Waals surface area contributed by atoms with E-state index in [-0.39, 0.29) is 12.6 Å². The van der Waals surface area contributed by atoms with E-state index >= 15 is 0 Å². The second-order valence-corrected chi connectivity index (χ2v) is 5.76. The monoisotopic (exact) mass is 296 g/mol. The summed E-state index contributed by atoms with van der Waals surface area (Å²) in [4.78, 5) is 4.33. The van der Waals surface area contributed by atoms with Gasteiger partial charge in [-0.15, -0.1) is 11.3 Å². The summed E-state index contributed by atoms with van der Waals surface area (Å²) in [5, 5.41) is 2.63. The molecule has 0 fully saturated rings. The van der Waals surface area contributed by atoms with Crippen LogP contribution in [0.3, 0.4) is 0 Å². The molecule has 1 aromatic heterocycles. The molecule has 0 bridgehead atoms. The third-order valence-electron chi connectivity index (χ3n) is 2.40. The Balaban J connectivity index is 2.34. The van der Waals surface area contributed by atoms with Crippen LogP contribution in [0, 0.1) is 5.92 Å². The molecule has 7 heteroatoms. The van der Waals surface area contributed by atoms with Gasteiger partial charge in [-0.3, -0.25) is 0 Å². The van der Waals surface area contributed by atoms with Crippen LogP contribution < -0.4 is 5.73 Å². The first-order valence-electron chi connectivity index (χ1n) is 6.12.